The average molecular weight is 531 g/mol. The number of hydrogen-bond donors (Lipinski definition) is 0. The van der Waals surface area contributed by atoms with Crippen LogP contribution in [0.5, 0.6) is 5.75 Å². The minimum atomic E-state index is -1.08. The predicted molar refractivity (Wildman–Crippen MR) is 137 cm³/mol. The number of Topliss-reactive ketones (excluding diaryl/α,β-unsaturated/α-hetero) is 1. The van der Waals surface area contributed by atoms with E-state index in [4.69, 9.17) is 16.3 Å². The first-order chi connectivity index (χ1) is 18.3. The van der Waals surface area contributed by atoms with Crippen LogP contribution in [0.3, 0.4) is 0 Å². The summed E-state index contributed by atoms with van der Waals surface area (Å²) >= 11 is 6.01. The van der Waals surface area contributed by atoms with Crippen LogP contribution < -0.4 is 9.64 Å². The van der Waals surface area contributed by atoms with E-state index in [1.165, 1.54) is 19.2 Å². The van der Waals surface area contributed by atoms with Crippen molar-refractivity contribution < 1.29 is 24.0 Å². The third-order valence-corrected chi connectivity index (χ3v) is 7.56. The number of nitro benzene ring substituents is 1. The number of carbonyl (C=O) groups excluding carboxylic acids is 3. The van der Waals surface area contributed by atoms with Gasteiger partial charge in [-0.25, -0.2) is 4.90 Å². The van der Waals surface area contributed by atoms with Gasteiger partial charge in [-0.05, 0) is 41.5 Å². The molecule has 0 N–H and O–H groups in total. The molecule has 0 aromatic heterocycles. The van der Waals surface area contributed by atoms with E-state index in [0.717, 1.165) is 22.1 Å². The number of amides is 2. The van der Waals surface area contributed by atoms with Crippen molar-refractivity contribution in [2.45, 2.75) is 12.1 Å². The molecule has 0 saturated carbocycles. The summed E-state index contributed by atoms with van der Waals surface area (Å²) < 4.78 is 5.35. The lowest BCUT2D eigenvalue weighted by Crippen LogP contribution is -2.44. The fourth-order valence-electron chi connectivity index (χ4n) is 5.66. The van der Waals surface area contributed by atoms with Crippen molar-refractivity contribution in [2.24, 2.45) is 16.9 Å². The summed E-state index contributed by atoms with van der Waals surface area (Å²) in [5.41, 5.74) is 1.51. The molecule has 0 aliphatic carbocycles. The molecule has 0 bridgehead atoms. The Morgan fingerprint density at radius 1 is 1.03 bits per heavy atom. The van der Waals surface area contributed by atoms with Gasteiger partial charge in [-0.3, -0.25) is 29.5 Å². The molecule has 0 spiro atoms. The Hall–Kier alpha value is -4.57. The van der Waals surface area contributed by atoms with Gasteiger partial charge in [0.15, 0.2) is 5.78 Å². The topological polar surface area (TPSA) is 122 Å². The molecule has 2 saturated heterocycles. The monoisotopic (exact) mass is 530 g/mol. The van der Waals surface area contributed by atoms with Gasteiger partial charge in [0.05, 0.1) is 36.1 Å². The van der Waals surface area contributed by atoms with Crippen LogP contribution in [0.2, 0.25) is 5.02 Å². The van der Waals surface area contributed by atoms with Crippen LogP contribution in [0.25, 0.3) is 0 Å². The van der Waals surface area contributed by atoms with E-state index < -0.39 is 40.7 Å². The fourth-order valence-corrected chi connectivity index (χ4v) is 5.78. The van der Waals surface area contributed by atoms with Crippen LogP contribution in [0.15, 0.2) is 71.8 Å². The van der Waals surface area contributed by atoms with Gasteiger partial charge in [0.25, 0.3) is 5.69 Å². The lowest BCUT2D eigenvalue weighted by Gasteiger charge is -2.33. The zero-order valence-corrected chi connectivity index (χ0v) is 20.6. The van der Waals surface area contributed by atoms with Gasteiger partial charge < -0.3 is 4.74 Å². The van der Waals surface area contributed by atoms with Crippen molar-refractivity contribution in [3.63, 3.8) is 0 Å². The van der Waals surface area contributed by atoms with Crippen molar-refractivity contribution in [1.29, 1.82) is 0 Å². The zero-order chi connectivity index (χ0) is 26.7. The SMILES string of the molecule is COc1ccc([N+](=O)[O-])cc1N1C(=O)[C@H]2[C@@H](C1=O)C1c3ccccc3C=NN1[C@H]2C(=O)c1ccc(Cl)cc1. The maximum absolute atomic E-state index is 14.0. The van der Waals surface area contributed by atoms with Gasteiger partial charge in [-0.1, -0.05) is 35.9 Å². The third-order valence-electron chi connectivity index (χ3n) is 7.30. The predicted octanol–water partition coefficient (Wildman–Crippen LogP) is 4.02. The van der Waals surface area contributed by atoms with E-state index in [0.29, 0.717) is 10.6 Å². The first-order valence-electron chi connectivity index (χ1n) is 11.7. The first-order valence-corrected chi connectivity index (χ1v) is 12.1. The Kier molecular flexibility index (Phi) is 5.50. The molecule has 3 aromatic carbocycles. The highest BCUT2D eigenvalue weighted by molar-refractivity contribution is 6.30. The quantitative estimate of drug-likeness (QED) is 0.211. The molecule has 3 aliphatic heterocycles. The summed E-state index contributed by atoms with van der Waals surface area (Å²) in [6.07, 6.45) is 1.62. The van der Waals surface area contributed by atoms with Gasteiger partial charge in [-0.15, -0.1) is 0 Å². The highest BCUT2D eigenvalue weighted by Crippen LogP contribution is 2.54. The van der Waals surface area contributed by atoms with Gasteiger partial charge in [0.1, 0.15) is 17.5 Å². The largest absolute Gasteiger partial charge is 0.495 e. The molecule has 0 radical (unpaired) electrons. The molecule has 10 nitrogen and oxygen atoms in total. The van der Waals surface area contributed by atoms with Crippen LogP contribution in [0, 0.1) is 22.0 Å². The summed E-state index contributed by atoms with van der Waals surface area (Å²) in [5, 5.41) is 18.0. The van der Waals surface area contributed by atoms with Crippen molar-refractivity contribution in [3.05, 3.63) is 98.6 Å². The molecule has 190 valence electrons. The Bertz CT molecular complexity index is 1560. The maximum atomic E-state index is 14.0. The minimum Gasteiger partial charge on any atom is -0.495 e. The number of ether oxygens (including phenoxy) is 1. The molecular weight excluding hydrogens is 512 g/mol. The number of imide groups is 1. The number of anilines is 1. The molecule has 3 heterocycles. The van der Waals surface area contributed by atoms with Crippen LogP contribution in [-0.4, -0.2) is 46.9 Å². The number of methoxy groups -OCH3 is 1. The fraction of sp³-hybridized carbons (Fsp3) is 0.185. The molecule has 38 heavy (non-hydrogen) atoms. The number of rotatable bonds is 5. The number of nitrogens with zero attached hydrogens (tertiary/aromatic N) is 4. The van der Waals surface area contributed by atoms with E-state index in [2.05, 4.69) is 5.10 Å². The summed E-state index contributed by atoms with van der Waals surface area (Å²) in [4.78, 5) is 53.7. The Balaban J connectivity index is 1.51. The number of benzene rings is 3. The number of carbonyl (C=O) groups is 3. The Morgan fingerprint density at radius 3 is 2.45 bits per heavy atom. The van der Waals surface area contributed by atoms with Gasteiger partial charge in [0.2, 0.25) is 11.8 Å². The second-order valence-corrected chi connectivity index (χ2v) is 9.63. The van der Waals surface area contributed by atoms with Crippen LogP contribution in [0.1, 0.15) is 27.5 Å². The number of nitro groups is 1. The lowest BCUT2D eigenvalue weighted by molar-refractivity contribution is -0.384. The van der Waals surface area contributed by atoms with Crippen LogP contribution in [-0.2, 0) is 9.59 Å². The number of halogens is 1. The van der Waals surface area contributed by atoms with Gasteiger partial charge in [-0.2, -0.15) is 5.10 Å². The summed E-state index contributed by atoms with van der Waals surface area (Å²) in [7, 11) is 1.34. The lowest BCUT2D eigenvalue weighted by atomic mass is 9.83. The molecule has 3 aliphatic rings. The second-order valence-electron chi connectivity index (χ2n) is 9.19. The highest BCUT2D eigenvalue weighted by atomic mass is 35.5. The molecule has 1 unspecified atom stereocenters. The van der Waals surface area contributed by atoms with Crippen molar-refractivity contribution >= 4 is 46.8 Å². The van der Waals surface area contributed by atoms with Crippen molar-refractivity contribution in [1.82, 2.24) is 5.01 Å². The normalized spacial score (nSPS) is 23.2. The summed E-state index contributed by atoms with van der Waals surface area (Å²) in [6.45, 7) is 0. The second kappa shape index (κ2) is 8.77. The molecule has 11 heteroatoms. The highest BCUT2D eigenvalue weighted by Gasteiger charge is 2.65. The number of hydrogen-bond acceptors (Lipinski definition) is 8. The van der Waals surface area contributed by atoms with E-state index in [9.17, 15) is 24.5 Å². The smallest absolute Gasteiger partial charge is 0.271 e. The van der Waals surface area contributed by atoms with Gasteiger partial charge >= 0.3 is 0 Å². The third kappa shape index (κ3) is 3.41. The maximum Gasteiger partial charge on any atom is 0.271 e. The van der Waals surface area contributed by atoms with Crippen molar-refractivity contribution in [3.8, 4) is 5.75 Å². The van der Waals surface area contributed by atoms with Crippen LogP contribution >= 0.6 is 11.6 Å². The first kappa shape index (κ1) is 23.8. The molecular formula is C27H19ClN4O6. The standard InChI is InChI=1S/C27H19ClN4O6/c1-38-20-11-10-17(32(36)37)12-19(20)30-26(34)21-22(27(30)35)24(25(33)14-6-8-16(28)9-7-14)31-23(21)18-5-3-2-4-15(18)13-29-31/h2-13,21-24H,1H3/t21-,22+,23?,24-/m1/s1. The Labute approximate surface area is 221 Å². The minimum absolute atomic E-state index is 0.0389. The number of hydrazone groups is 1. The molecule has 4 atom stereocenters. The average Bonchev–Trinajstić information content (AvgIpc) is 3.40. The Morgan fingerprint density at radius 2 is 1.74 bits per heavy atom. The number of ketones is 1. The van der Waals surface area contributed by atoms with E-state index in [1.54, 1.807) is 35.5 Å². The molecule has 2 fully saturated rings. The molecule has 6 rings (SSSR count). The number of non-ortho nitro benzene ring substituents is 1. The summed E-state index contributed by atoms with van der Waals surface area (Å²) in [5.74, 6) is -3.52. The molecule has 3 aromatic rings. The summed E-state index contributed by atoms with van der Waals surface area (Å²) in [6, 6.07) is 15.6. The number of fused-ring (bicyclic) bond motifs is 5. The molecule has 2 amide bonds. The van der Waals surface area contributed by atoms with E-state index >= 15 is 0 Å². The van der Waals surface area contributed by atoms with E-state index in [1.807, 2.05) is 24.3 Å². The van der Waals surface area contributed by atoms with Gasteiger partial charge in [0, 0.05) is 22.7 Å². The van der Waals surface area contributed by atoms with Crippen molar-refractivity contribution in [2.75, 3.05) is 12.0 Å². The zero-order valence-electron chi connectivity index (χ0n) is 19.9. The van der Waals surface area contributed by atoms with Crippen LogP contribution in [0.4, 0.5) is 11.4 Å². The van der Waals surface area contributed by atoms with E-state index in [-0.39, 0.29) is 22.9 Å².